The van der Waals surface area contributed by atoms with Crippen molar-refractivity contribution in [3.05, 3.63) is 84.7 Å². The van der Waals surface area contributed by atoms with Crippen molar-refractivity contribution in [2.24, 2.45) is 0 Å². The summed E-state index contributed by atoms with van der Waals surface area (Å²) in [4.78, 5) is 14.5. The molecule has 0 aliphatic heterocycles. The molecule has 2 aromatic heterocycles. The third-order valence-corrected chi connectivity index (χ3v) is 5.20. The lowest BCUT2D eigenvalue weighted by atomic mass is 10.0. The highest BCUT2D eigenvalue weighted by Crippen LogP contribution is 2.32. The van der Waals surface area contributed by atoms with Crippen LogP contribution in [-0.2, 0) is 6.54 Å². The summed E-state index contributed by atoms with van der Waals surface area (Å²) in [5, 5.41) is 0. The van der Waals surface area contributed by atoms with Crippen LogP contribution in [0.15, 0.2) is 73.3 Å². The molecule has 0 spiro atoms. The molecule has 0 saturated carbocycles. The SMILES string of the molecule is C[C@@H](c1ccc(-c2c(-c3ccccc3)ncn2Cc2ncc[nH]2)cc1)N(C)C. The quantitative estimate of drug-likeness (QED) is 0.538. The van der Waals surface area contributed by atoms with E-state index in [9.17, 15) is 0 Å². The number of aromatic amines is 1. The molecule has 142 valence electrons. The van der Waals surface area contributed by atoms with Crippen LogP contribution in [0.2, 0.25) is 0 Å². The van der Waals surface area contributed by atoms with E-state index in [4.69, 9.17) is 4.98 Å². The Hall–Kier alpha value is -3.18. The lowest BCUT2D eigenvalue weighted by molar-refractivity contribution is 0.321. The fraction of sp³-hybridized carbons (Fsp3) is 0.217. The molecule has 0 aliphatic carbocycles. The summed E-state index contributed by atoms with van der Waals surface area (Å²) in [7, 11) is 4.20. The smallest absolute Gasteiger partial charge is 0.126 e. The number of nitrogens with one attached hydrogen (secondary N) is 1. The fourth-order valence-corrected chi connectivity index (χ4v) is 3.38. The molecule has 5 heteroatoms. The van der Waals surface area contributed by atoms with E-state index in [0.29, 0.717) is 12.6 Å². The summed E-state index contributed by atoms with van der Waals surface area (Å²) >= 11 is 0. The minimum Gasteiger partial charge on any atom is -0.347 e. The van der Waals surface area contributed by atoms with E-state index in [0.717, 1.165) is 28.3 Å². The minimum absolute atomic E-state index is 0.371. The lowest BCUT2D eigenvalue weighted by Gasteiger charge is -2.20. The number of hydrogen-bond acceptors (Lipinski definition) is 3. The molecule has 0 unspecified atom stereocenters. The van der Waals surface area contributed by atoms with Crippen molar-refractivity contribution in [3.8, 4) is 22.5 Å². The minimum atomic E-state index is 0.371. The first-order valence-electron chi connectivity index (χ1n) is 9.49. The average Bonchev–Trinajstić information content (AvgIpc) is 3.38. The number of benzene rings is 2. The molecule has 2 aromatic carbocycles. The van der Waals surface area contributed by atoms with Gasteiger partial charge in [-0.3, -0.25) is 0 Å². The van der Waals surface area contributed by atoms with Crippen molar-refractivity contribution in [3.63, 3.8) is 0 Å². The monoisotopic (exact) mass is 371 g/mol. The zero-order valence-corrected chi connectivity index (χ0v) is 16.5. The normalized spacial score (nSPS) is 12.4. The van der Waals surface area contributed by atoms with E-state index in [2.05, 4.69) is 76.9 Å². The van der Waals surface area contributed by atoms with Crippen LogP contribution in [0.4, 0.5) is 0 Å². The molecule has 1 N–H and O–H groups in total. The summed E-state index contributed by atoms with van der Waals surface area (Å²) < 4.78 is 2.16. The van der Waals surface area contributed by atoms with Crippen LogP contribution in [0.5, 0.6) is 0 Å². The van der Waals surface area contributed by atoms with Gasteiger partial charge in [0.1, 0.15) is 5.82 Å². The molecule has 1 atom stereocenters. The molecule has 0 aliphatic rings. The zero-order chi connectivity index (χ0) is 19.5. The number of rotatable bonds is 6. The molecule has 4 rings (SSSR count). The zero-order valence-electron chi connectivity index (χ0n) is 16.5. The molecule has 4 aromatic rings. The van der Waals surface area contributed by atoms with Gasteiger partial charge in [0.2, 0.25) is 0 Å². The highest BCUT2D eigenvalue weighted by Gasteiger charge is 2.16. The third kappa shape index (κ3) is 3.62. The molecule has 2 heterocycles. The molecule has 5 nitrogen and oxygen atoms in total. The van der Waals surface area contributed by atoms with Gasteiger partial charge in [-0.25, -0.2) is 9.97 Å². The largest absolute Gasteiger partial charge is 0.347 e. The van der Waals surface area contributed by atoms with E-state index < -0.39 is 0 Å². The Morgan fingerprint density at radius 1 is 0.964 bits per heavy atom. The van der Waals surface area contributed by atoms with Gasteiger partial charge >= 0.3 is 0 Å². The van der Waals surface area contributed by atoms with Crippen molar-refractivity contribution in [2.75, 3.05) is 14.1 Å². The maximum atomic E-state index is 4.74. The topological polar surface area (TPSA) is 49.7 Å². The molecule has 0 radical (unpaired) electrons. The van der Waals surface area contributed by atoms with Crippen LogP contribution in [0, 0.1) is 0 Å². The summed E-state index contributed by atoms with van der Waals surface area (Å²) in [5.74, 6) is 0.913. The maximum absolute atomic E-state index is 4.74. The fourth-order valence-electron chi connectivity index (χ4n) is 3.38. The first-order chi connectivity index (χ1) is 13.6. The predicted octanol–water partition coefficient (Wildman–Crippen LogP) is 4.61. The second kappa shape index (κ2) is 7.82. The van der Waals surface area contributed by atoms with Gasteiger partial charge in [0.15, 0.2) is 0 Å². The molecule has 0 amide bonds. The van der Waals surface area contributed by atoms with Gasteiger partial charge in [0.05, 0.1) is 24.3 Å². The molecular formula is C23H25N5. The Morgan fingerprint density at radius 3 is 2.36 bits per heavy atom. The summed E-state index contributed by atoms with van der Waals surface area (Å²) in [5.41, 5.74) is 5.65. The maximum Gasteiger partial charge on any atom is 0.126 e. The standard InChI is InChI=1S/C23H25N5/c1-17(27(2)3)18-9-11-20(12-10-18)23-22(19-7-5-4-6-8-19)26-16-28(23)15-21-24-13-14-25-21/h4-14,16-17H,15H2,1-3H3,(H,24,25)/t17-/m0/s1. The number of nitrogens with zero attached hydrogens (tertiary/aromatic N) is 4. The van der Waals surface area contributed by atoms with E-state index in [1.807, 2.05) is 30.7 Å². The average molecular weight is 371 g/mol. The van der Waals surface area contributed by atoms with Crippen molar-refractivity contribution < 1.29 is 0 Å². The van der Waals surface area contributed by atoms with Crippen molar-refractivity contribution in [1.29, 1.82) is 0 Å². The van der Waals surface area contributed by atoms with Crippen LogP contribution in [0.1, 0.15) is 24.4 Å². The lowest BCUT2D eigenvalue weighted by Crippen LogP contribution is -2.16. The number of hydrogen-bond donors (Lipinski definition) is 1. The first kappa shape index (κ1) is 18.2. The molecule has 28 heavy (non-hydrogen) atoms. The summed E-state index contributed by atoms with van der Waals surface area (Å²) in [6.07, 6.45) is 5.53. The number of imidazole rings is 2. The van der Waals surface area contributed by atoms with Crippen LogP contribution < -0.4 is 0 Å². The van der Waals surface area contributed by atoms with Gasteiger partial charge in [-0.1, -0.05) is 54.6 Å². The van der Waals surface area contributed by atoms with Gasteiger partial charge in [-0.15, -0.1) is 0 Å². The third-order valence-electron chi connectivity index (χ3n) is 5.20. The summed E-state index contributed by atoms with van der Waals surface area (Å²) in [6, 6.07) is 19.5. The van der Waals surface area contributed by atoms with Gasteiger partial charge in [-0.2, -0.15) is 0 Å². The van der Waals surface area contributed by atoms with Crippen molar-refractivity contribution >= 4 is 0 Å². The Bertz CT molecular complexity index is 1010. The molecule has 0 fully saturated rings. The van der Waals surface area contributed by atoms with Gasteiger partial charge in [0, 0.05) is 29.6 Å². The van der Waals surface area contributed by atoms with E-state index in [1.165, 1.54) is 5.56 Å². The highest BCUT2D eigenvalue weighted by molar-refractivity contribution is 5.78. The Balaban J connectivity index is 1.78. The van der Waals surface area contributed by atoms with Gasteiger partial charge in [0.25, 0.3) is 0 Å². The first-order valence-corrected chi connectivity index (χ1v) is 9.49. The van der Waals surface area contributed by atoms with Crippen LogP contribution in [0.3, 0.4) is 0 Å². The molecule has 0 saturated heterocycles. The van der Waals surface area contributed by atoms with Gasteiger partial charge < -0.3 is 14.5 Å². The van der Waals surface area contributed by atoms with E-state index >= 15 is 0 Å². The van der Waals surface area contributed by atoms with Crippen LogP contribution in [0.25, 0.3) is 22.5 Å². The Labute approximate surface area is 165 Å². The Morgan fingerprint density at radius 2 is 1.71 bits per heavy atom. The number of H-pyrrole nitrogens is 1. The second-order valence-electron chi connectivity index (χ2n) is 7.23. The predicted molar refractivity (Wildman–Crippen MR) is 113 cm³/mol. The number of aromatic nitrogens is 4. The Kier molecular flexibility index (Phi) is 5.08. The van der Waals surface area contributed by atoms with Crippen molar-refractivity contribution in [2.45, 2.75) is 19.5 Å². The van der Waals surface area contributed by atoms with Crippen LogP contribution in [-0.4, -0.2) is 38.5 Å². The second-order valence-corrected chi connectivity index (χ2v) is 7.23. The van der Waals surface area contributed by atoms with Gasteiger partial charge in [-0.05, 0) is 26.6 Å². The van der Waals surface area contributed by atoms with Crippen LogP contribution >= 0.6 is 0 Å². The van der Waals surface area contributed by atoms with E-state index in [-0.39, 0.29) is 0 Å². The highest BCUT2D eigenvalue weighted by atomic mass is 15.1. The molecule has 0 bridgehead atoms. The van der Waals surface area contributed by atoms with E-state index in [1.54, 1.807) is 6.20 Å². The van der Waals surface area contributed by atoms with Crippen molar-refractivity contribution in [1.82, 2.24) is 24.4 Å². The summed E-state index contributed by atoms with van der Waals surface area (Å²) in [6.45, 7) is 2.86. The molecular weight excluding hydrogens is 346 g/mol.